The Bertz CT molecular complexity index is 4060. The number of nitrogens with zero attached hydrogens (tertiary/aromatic N) is 4. The summed E-state index contributed by atoms with van der Waals surface area (Å²) >= 11 is 0. The molecule has 14 rings (SSSR count). The Labute approximate surface area is 454 Å². The Kier molecular flexibility index (Phi) is 11.8. The molecule has 0 aliphatic carbocycles. The summed E-state index contributed by atoms with van der Waals surface area (Å²) in [6.45, 7) is 0. The van der Waals surface area contributed by atoms with Crippen LogP contribution < -0.4 is 9.80 Å². The second-order valence-electron chi connectivity index (χ2n) is 19.8. The highest BCUT2D eigenvalue weighted by Crippen LogP contribution is 2.41. The summed E-state index contributed by atoms with van der Waals surface area (Å²) in [6, 6.07) is 109. The molecular formula is C74H52N4. The van der Waals surface area contributed by atoms with E-state index in [0.29, 0.717) is 0 Å². The average Bonchev–Trinajstić information content (AvgIpc) is 4.09. The van der Waals surface area contributed by atoms with Crippen molar-refractivity contribution in [2.24, 2.45) is 0 Å². The normalized spacial score (nSPS) is 11.5. The van der Waals surface area contributed by atoms with Gasteiger partial charge in [-0.25, -0.2) is 0 Å². The first-order valence-electron chi connectivity index (χ1n) is 26.7. The van der Waals surface area contributed by atoms with Gasteiger partial charge in [-0.3, -0.25) is 0 Å². The minimum absolute atomic E-state index is 1.07. The van der Waals surface area contributed by atoms with Crippen LogP contribution in [0.25, 0.3) is 89.4 Å². The van der Waals surface area contributed by atoms with Crippen LogP contribution >= 0.6 is 0 Å². The molecule has 78 heavy (non-hydrogen) atoms. The van der Waals surface area contributed by atoms with Crippen molar-refractivity contribution in [2.75, 3.05) is 9.80 Å². The van der Waals surface area contributed by atoms with Gasteiger partial charge in [-0.05, 0) is 155 Å². The van der Waals surface area contributed by atoms with Crippen molar-refractivity contribution in [1.29, 1.82) is 0 Å². The fourth-order valence-electron chi connectivity index (χ4n) is 11.4. The lowest BCUT2D eigenvalue weighted by molar-refractivity contribution is 1.17. The number of aromatic nitrogens is 2. The van der Waals surface area contributed by atoms with Crippen molar-refractivity contribution in [2.45, 2.75) is 0 Å². The molecule has 2 aromatic heterocycles. The lowest BCUT2D eigenvalue weighted by Gasteiger charge is -2.26. The Balaban J connectivity index is 0.775. The van der Waals surface area contributed by atoms with E-state index in [1.54, 1.807) is 0 Å². The van der Waals surface area contributed by atoms with Crippen LogP contribution in [-0.2, 0) is 0 Å². The van der Waals surface area contributed by atoms with Crippen LogP contribution in [0.1, 0.15) is 11.1 Å². The summed E-state index contributed by atoms with van der Waals surface area (Å²) in [5, 5.41) is 5.02. The molecule has 0 amide bonds. The molecular weight excluding hydrogens is 945 g/mol. The summed E-state index contributed by atoms with van der Waals surface area (Å²) in [4.78, 5) is 4.71. The molecule has 0 spiro atoms. The van der Waals surface area contributed by atoms with Crippen molar-refractivity contribution in [1.82, 2.24) is 9.13 Å². The van der Waals surface area contributed by atoms with E-state index in [-0.39, 0.29) is 0 Å². The first-order chi connectivity index (χ1) is 38.7. The van der Waals surface area contributed by atoms with Gasteiger partial charge >= 0.3 is 0 Å². The van der Waals surface area contributed by atoms with Gasteiger partial charge in [-0.15, -0.1) is 0 Å². The third-order valence-corrected chi connectivity index (χ3v) is 15.1. The molecule has 0 aliphatic heterocycles. The molecule has 368 valence electrons. The van der Waals surface area contributed by atoms with E-state index in [9.17, 15) is 0 Å². The molecule has 4 heteroatoms. The van der Waals surface area contributed by atoms with Crippen molar-refractivity contribution in [3.05, 3.63) is 314 Å². The molecule has 0 saturated heterocycles. The number of rotatable bonds is 12. The number of anilines is 6. The zero-order valence-corrected chi connectivity index (χ0v) is 42.8. The van der Waals surface area contributed by atoms with Crippen LogP contribution in [0.15, 0.2) is 303 Å². The largest absolute Gasteiger partial charge is 0.310 e. The number of para-hydroxylation sites is 4. The van der Waals surface area contributed by atoms with E-state index in [0.717, 1.165) is 56.6 Å². The topological polar surface area (TPSA) is 16.3 Å². The Hall–Kier alpha value is -10.4. The predicted octanol–water partition coefficient (Wildman–Crippen LogP) is 20.3. The lowest BCUT2D eigenvalue weighted by atomic mass is 10.0. The number of benzene rings is 12. The second-order valence-corrected chi connectivity index (χ2v) is 19.8. The van der Waals surface area contributed by atoms with Crippen LogP contribution in [0.5, 0.6) is 0 Å². The minimum Gasteiger partial charge on any atom is -0.310 e. The van der Waals surface area contributed by atoms with Gasteiger partial charge in [-0.2, -0.15) is 0 Å². The highest BCUT2D eigenvalue weighted by atomic mass is 15.1. The Morgan fingerprint density at radius 1 is 0.218 bits per heavy atom. The van der Waals surface area contributed by atoms with Gasteiger partial charge < -0.3 is 18.9 Å². The number of fused-ring (bicyclic) bond motifs is 6. The van der Waals surface area contributed by atoms with Gasteiger partial charge in [0.05, 0.1) is 22.1 Å². The summed E-state index contributed by atoms with van der Waals surface area (Å²) in [7, 11) is 0. The third kappa shape index (κ3) is 8.58. The SMILES string of the molecule is C(=C\c1ccc(N(c2ccc(-n3c4ccccc4c4ccccc43)cc2)c2cccc(-c3ccccc3)c2)cc1)/c1ccc(N(c2ccc(-n3c4ccccc4c4ccccc43)cc2)c2cccc(-c3ccccc3)c2)cc1. The van der Waals surface area contributed by atoms with Crippen LogP contribution in [0.3, 0.4) is 0 Å². The Morgan fingerprint density at radius 2 is 0.500 bits per heavy atom. The first-order valence-corrected chi connectivity index (χ1v) is 26.7. The van der Waals surface area contributed by atoms with Gasteiger partial charge in [-0.1, -0.05) is 194 Å². The van der Waals surface area contributed by atoms with Gasteiger partial charge in [0.15, 0.2) is 0 Å². The van der Waals surface area contributed by atoms with Crippen molar-refractivity contribution < 1.29 is 0 Å². The molecule has 14 aromatic rings. The summed E-state index contributed by atoms with van der Waals surface area (Å²) in [5.41, 5.74) is 20.5. The molecule has 0 unspecified atom stereocenters. The zero-order chi connectivity index (χ0) is 51.8. The molecule has 0 radical (unpaired) electrons. The molecule has 0 aliphatic rings. The highest BCUT2D eigenvalue weighted by molar-refractivity contribution is 6.10. The molecule has 4 nitrogen and oxygen atoms in total. The maximum atomic E-state index is 2.37. The van der Waals surface area contributed by atoms with E-state index in [4.69, 9.17) is 0 Å². The average molecular weight is 997 g/mol. The van der Waals surface area contributed by atoms with Crippen LogP contribution in [-0.4, -0.2) is 9.13 Å². The highest BCUT2D eigenvalue weighted by Gasteiger charge is 2.19. The fraction of sp³-hybridized carbons (Fsp3) is 0. The predicted molar refractivity (Wildman–Crippen MR) is 331 cm³/mol. The van der Waals surface area contributed by atoms with Gasteiger partial charge in [0.25, 0.3) is 0 Å². The van der Waals surface area contributed by atoms with E-state index in [1.807, 2.05) is 0 Å². The van der Waals surface area contributed by atoms with Crippen molar-refractivity contribution >= 4 is 89.9 Å². The smallest absolute Gasteiger partial charge is 0.0541 e. The zero-order valence-electron chi connectivity index (χ0n) is 42.8. The minimum atomic E-state index is 1.07. The van der Waals surface area contributed by atoms with Crippen LogP contribution in [0, 0.1) is 0 Å². The molecule has 0 N–H and O–H groups in total. The van der Waals surface area contributed by atoms with Crippen molar-refractivity contribution in [3.63, 3.8) is 0 Å². The quantitative estimate of drug-likeness (QED) is 0.113. The van der Waals surface area contributed by atoms with Gasteiger partial charge in [0.2, 0.25) is 0 Å². The molecule has 0 saturated carbocycles. The molecule has 0 atom stereocenters. The molecule has 2 heterocycles. The Morgan fingerprint density at radius 3 is 0.833 bits per heavy atom. The first kappa shape index (κ1) is 46.1. The van der Waals surface area contributed by atoms with Gasteiger partial charge in [0, 0.05) is 67.0 Å². The monoisotopic (exact) mass is 996 g/mol. The van der Waals surface area contributed by atoms with E-state index in [2.05, 4.69) is 334 Å². The summed E-state index contributed by atoms with van der Waals surface area (Å²) in [5.74, 6) is 0. The number of hydrogen-bond donors (Lipinski definition) is 0. The standard InChI is InChI=1S/C74H52N4/c1-3-17-55(18-4-1)57-21-15-23-65(51-57)75(61-43-47-63(48-44-61)77-71-29-11-7-25-67(71)68-26-8-12-30-72(68)77)59-39-35-53(36-40-59)33-34-54-37-41-60(42-38-54)76(66-24-16-22-58(52-66)56-19-5-2-6-20-56)62-45-49-64(50-46-62)78-73-31-13-9-27-69(73)70-28-10-14-32-74(70)78/h1-52H/b34-33+. The van der Waals surface area contributed by atoms with Crippen LogP contribution in [0.2, 0.25) is 0 Å². The number of hydrogen-bond acceptors (Lipinski definition) is 2. The third-order valence-electron chi connectivity index (χ3n) is 15.1. The molecule has 0 bridgehead atoms. The maximum Gasteiger partial charge on any atom is 0.0541 e. The lowest BCUT2D eigenvalue weighted by Crippen LogP contribution is -2.10. The molecule has 12 aromatic carbocycles. The van der Waals surface area contributed by atoms with Crippen molar-refractivity contribution in [3.8, 4) is 33.6 Å². The molecule has 0 fully saturated rings. The van der Waals surface area contributed by atoms with E-state index >= 15 is 0 Å². The van der Waals surface area contributed by atoms with E-state index < -0.39 is 0 Å². The summed E-state index contributed by atoms with van der Waals surface area (Å²) < 4.78 is 4.74. The van der Waals surface area contributed by atoms with Gasteiger partial charge in [0.1, 0.15) is 0 Å². The second kappa shape index (κ2) is 20.0. The fourth-order valence-corrected chi connectivity index (χ4v) is 11.4. The van der Waals surface area contributed by atoms with E-state index in [1.165, 1.54) is 65.9 Å². The van der Waals surface area contributed by atoms with Crippen LogP contribution in [0.4, 0.5) is 34.1 Å². The summed E-state index contributed by atoms with van der Waals surface area (Å²) in [6.07, 6.45) is 4.41. The maximum absolute atomic E-state index is 2.37.